The molecule has 5 heteroatoms. The van der Waals surface area contributed by atoms with Crippen molar-refractivity contribution in [1.82, 2.24) is 0 Å². The summed E-state index contributed by atoms with van der Waals surface area (Å²) in [6.45, 7) is 0. The normalized spacial score (nSPS) is 10.7. The molecule has 1 amide bonds. The first-order valence-corrected chi connectivity index (χ1v) is 8.62. The smallest absolute Gasteiger partial charge is 0.256 e. The molecule has 100 valence electrons. The van der Waals surface area contributed by atoms with Gasteiger partial charge in [-0.3, -0.25) is 4.79 Å². The third-order valence-electron chi connectivity index (χ3n) is 2.88. The quantitative estimate of drug-likeness (QED) is 0.504. The van der Waals surface area contributed by atoms with E-state index in [1.54, 1.807) is 11.3 Å². The minimum atomic E-state index is -0.107. The van der Waals surface area contributed by atoms with E-state index in [1.165, 1.54) is 4.70 Å². The van der Waals surface area contributed by atoms with Crippen molar-refractivity contribution in [2.24, 2.45) is 0 Å². The summed E-state index contributed by atoms with van der Waals surface area (Å²) in [4.78, 5) is 12.3. The van der Waals surface area contributed by atoms with E-state index in [1.807, 2.05) is 41.8 Å². The average molecular weight is 458 g/mol. The van der Waals surface area contributed by atoms with Crippen molar-refractivity contribution in [3.8, 4) is 0 Å². The van der Waals surface area contributed by atoms with Crippen LogP contribution < -0.4 is 5.32 Å². The number of fused-ring (bicyclic) bond motifs is 1. The Morgan fingerprint density at radius 3 is 2.85 bits per heavy atom. The molecule has 0 unspecified atom stereocenters. The summed E-state index contributed by atoms with van der Waals surface area (Å²) in [7, 11) is 0. The Labute approximate surface area is 142 Å². The molecule has 0 radical (unpaired) electrons. The lowest BCUT2D eigenvalue weighted by Gasteiger charge is -2.07. The average Bonchev–Trinajstić information content (AvgIpc) is 2.89. The molecule has 0 aliphatic rings. The van der Waals surface area contributed by atoms with E-state index in [9.17, 15) is 4.79 Å². The second-order valence-electron chi connectivity index (χ2n) is 4.25. The van der Waals surface area contributed by atoms with E-state index in [4.69, 9.17) is 0 Å². The highest BCUT2D eigenvalue weighted by atomic mass is 127. The van der Waals surface area contributed by atoms with Crippen LogP contribution in [0.15, 0.2) is 52.3 Å². The Hall–Kier alpha value is -0.920. The van der Waals surface area contributed by atoms with Crippen LogP contribution in [0.4, 0.5) is 5.69 Å². The van der Waals surface area contributed by atoms with Crippen LogP contribution in [0.3, 0.4) is 0 Å². The molecule has 0 aliphatic carbocycles. The minimum absolute atomic E-state index is 0.107. The van der Waals surface area contributed by atoms with Crippen LogP contribution in [-0.2, 0) is 0 Å². The molecular weight excluding hydrogens is 449 g/mol. The van der Waals surface area contributed by atoms with Gasteiger partial charge in [-0.15, -0.1) is 11.3 Å². The Kier molecular flexibility index (Phi) is 4.09. The van der Waals surface area contributed by atoms with Gasteiger partial charge in [0.15, 0.2) is 0 Å². The number of benzene rings is 2. The van der Waals surface area contributed by atoms with Gasteiger partial charge >= 0.3 is 0 Å². The van der Waals surface area contributed by atoms with Crippen LogP contribution in [0.5, 0.6) is 0 Å². The number of halogens is 2. The van der Waals surface area contributed by atoms with Crippen molar-refractivity contribution >= 4 is 71.5 Å². The van der Waals surface area contributed by atoms with Gasteiger partial charge in [-0.05, 0) is 91.8 Å². The lowest BCUT2D eigenvalue weighted by atomic mass is 10.2. The van der Waals surface area contributed by atoms with E-state index in [2.05, 4.69) is 49.9 Å². The second kappa shape index (κ2) is 5.83. The molecule has 0 spiro atoms. The lowest BCUT2D eigenvalue weighted by Crippen LogP contribution is -2.12. The maximum atomic E-state index is 12.3. The number of amides is 1. The Morgan fingerprint density at radius 2 is 2.00 bits per heavy atom. The minimum Gasteiger partial charge on any atom is -0.322 e. The fourth-order valence-corrected chi connectivity index (χ4v) is 3.60. The van der Waals surface area contributed by atoms with E-state index >= 15 is 0 Å². The van der Waals surface area contributed by atoms with E-state index < -0.39 is 0 Å². The van der Waals surface area contributed by atoms with E-state index in [0.717, 1.165) is 19.1 Å². The van der Waals surface area contributed by atoms with Gasteiger partial charge in [0.25, 0.3) is 5.91 Å². The van der Waals surface area contributed by atoms with Crippen molar-refractivity contribution in [2.75, 3.05) is 5.32 Å². The van der Waals surface area contributed by atoms with Gasteiger partial charge in [0.05, 0.1) is 5.56 Å². The monoisotopic (exact) mass is 457 g/mol. The number of carbonyl (C=O) groups is 1. The van der Waals surface area contributed by atoms with Gasteiger partial charge in [-0.2, -0.15) is 0 Å². The Bertz CT molecular complexity index is 799. The van der Waals surface area contributed by atoms with Gasteiger partial charge in [0.2, 0.25) is 0 Å². The first-order valence-electron chi connectivity index (χ1n) is 5.87. The third kappa shape index (κ3) is 2.89. The maximum Gasteiger partial charge on any atom is 0.256 e. The molecule has 0 saturated carbocycles. The fourth-order valence-electron chi connectivity index (χ4n) is 1.91. The molecule has 1 N–H and O–H groups in total. The van der Waals surface area contributed by atoms with Crippen molar-refractivity contribution in [2.45, 2.75) is 0 Å². The highest BCUT2D eigenvalue weighted by molar-refractivity contribution is 14.1. The summed E-state index contributed by atoms with van der Waals surface area (Å²) in [5.41, 5.74) is 1.45. The van der Waals surface area contributed by atoms with Crippen LogP contribution >= 0.6 is 49.9 Å². The number of thiophene rings is 1. The van der Waals surface area contributed by atoms with E-state index in [0.29, 0.717) is 5.56 Å². The molecule has 3 aromatic rings. The van der Waals surface area contributed by atoms with Crippen molar-refractivity contribution in [1.29, 1.82) is 0 Å². The molecule has 0 bridgehead atoms. The topological polar surface area (TPSA) is 29.1 Å². The summed E-state index contributed by atoms with van der Waals surface area (Å²) >= 11 is 7.31. The molecule has 0 aliphatic heterocycles. The summed E-state index contributed by atoms with van der Waals surface area (Å²) in [5, 5.41) is 6.14. The standard InChI is InChI=1S/C15H9BrINOS/c16-13-3-1-10(17)8-12(13)15(19)18-11-2-4-14-9(7-11)5-6-20-14/h1-8H,(H,18,19). The van der Waals surface area contributed by atoms with Crippen LogP contribution in [-0.4, -0.2) is 5.91 Å². The number of hydrogen-bond acceptors (Lipinski definition) is 2. The zero-order chi connectivity index (χ0) is 14.1. The highest BCUT2D eigenvalue weighted by Gasteiger charge is 2.11. The summed E-state index contributed by atoms with van der Waals surface area (Å²) in [5.74, 6) is -0.107. The number of rotatable bonds is 2. The maximum absolute atomic E-state index is 12.3. The van der Waals surface area contributed by atoms with Gasteiger partial charge in [-0.1, -0.05) is 0 Å². The predicted molar refractivity (Wildman–Crippen MR) is 96.6 cm³/mol. The van der Waals surface area contributed by atoms with Crippen LogP contribution in [0.1, 0.15) is 10.4 Å². The second-order valence-corrected chi connectivity index (χ2v) is 7.30. The van der Waals surface area contributed by atoms with Crippen molar-refractivity contribution in [3.05, 3.63) is 61.5 Å². The molecule has 1 heterocycles. The molecule has 0 saturated heterocycles. The summed E-state index contributed by atoms with van der Waals surface area (Å²) < 4.78 is 3.05. The van der Waals surface area contributed by atoms with Crippen molar-refractivity contribution in [3.63, 3.8) is 0 Å². The number of carbonyl (C=O) groups excluding carboxylic acids is 1. The zero-order valence-corrected chi connectivity index (χ0v) is 14.8. The Balaban J connectivity index is 1.89. The van der Waals surface area contributed by atoms with Gasteiger partial charge in [0.1, 0.15) is 0 Å². The molecule has 3 rings (SSSR count). The van der Waals surface area contributed by atoms with Gasteiger partial charge < -0.3 is 5.32 Å². The molecule has 2 aromatic carbocycles. The van der Waals surface area contributed by atoms with Crippen LogP contribution in [0.25, 0.3) is 10.1 Å². The Morgan fingerprint density at radius 1 is 1.15 bits per heavy atom. The van der Waals surface area contributed by atoms with Crippen LogP contribution in [0, 0.1) is 3.57 Å². The van der Waals surface area contributed by atoms with Gasteiger partial charge in [0, 0.05) is 18.4 Å². The SMILES string of the molecule is O=C(Nc1ccc2sccc2c1)c1cc(I)ccc1Br. The van der Waals surface area contributed by atoms with Crippen LogP contribution in [0.2, 0.25) is 0 Å². The highest BCUT2D eigenvalue weighted by Crippen LogP contribution is 2.25. The third-order valence-corrected chi connectivity index (χ3v) is 5.14. The molecule has 0 fully saturated rings. The first kappa shape index (κ1) is 14.0. The lowest BCUT2D eigenvalue weighted by molar-refractivity contribution is 0.102. The molecule has 1 aromatic heterocycles. The number of nitrogens with one attached hydrogen (secondary N) is 1. The molecule has 2 nitrogen and oxygen atoms in total. The summed E-state index contributed by atoms with van der Waals surface area (Å²) in [6, 6.07) is 13.7. The van der Waals surface area contributed by atoms with Crippen molar-refractivity contribution < 1.29 is 4.79 Å². The van der Waals surface area contributed by atoms with E-state index in [-0.39, 0.29) is 5.91 Å². The fraction of sp³-hybridized carbons (Fsp3) is 0. The molecule has 0 atom stereocenters. The summed E-state index contributed by atoms with van der Waals surface area (Å²) in [6.07, 6.45) is 0. The number of anilines is 1. The van der Waals surface area contributed by atoms with Gasteiger partial charge in [-0.25, -0.2) is 0 Å². The number of hydrogen-bond donors (Lipinski definition) is 1. The largest absolute Gasteiger partial charge is 0.322 e. The first-order chi connectivity index (χ1) is 9.63. The predicted octanol–water partition coefficient (Wildman–Crippen LogP) is 5.52. The molecular formula is C15H9BrINOS. The zero-order valence-electron chi connectivity index (χ0n) is 10.2. The molecule has 20 heavy (non-hydrogen) atoms.